The summed E-state index contributed by atoms with van der Waals surface area (Å²) in [5.74, 6) is -0.403. The third kappa shape index (κ3) is 5.07. The molecule has 0 bridgehead atoms. The molecule has 1 aromatic heterocycles. The molecule has 1 fully saturated rings. The molecule has 1 saturated carbocycles. The third-order valence-electron chi connectivity index (χ3n) is 4.89. The van der Waals surface area contributed by atoms with Crippen LogP contribution in [0.1, 0.15) is 60.9 Å². The van der Waals surface area contributed by atoms with Crippen LogP contribution in [0, 0.1) is 0 Å². The standard InChI is InChI=1S/C21H23ClN2O3/c1-14(20(25)24-18-8-5-13-23-19(18)22)27-21(26)17-11-9-16(10-12-17)15-6-3-2-4-7-15/h5,8-15H,2-4,6-7H2,1H3,(H,24,25)/t14-/m0/s1. The first-order valence-electron chi connectivity index (χ1n) is 9.27. The second-order valence-corrected chi connectivity index (χ2v) is 7.19. The molecule has 2 aromatic rings. The van der Waals surface area contributed by atoms with E-state index in [0.29, 0.717) is 17.2 Å². The largest absolute Gasteiger partial charge is 0.449 e. The molecule has 1 aromatic carbocycles. The van der Waals surface area contributed by atoms with Crippen molar-refractivity contribution in [2.24, 2.45) is 0 Å². The van der Waals surface area contributed by atoms with Crippen LogP contribution in [0.5, 0.6) is 0 Å². The van der Waals surface area contributed by atoms with Gasteiger partial charge in [-0.25, -0.2) is 9.78 Å². The Labute approximate surface area is 164 Å². The van der Waals surface area contributed by atoms with Crippen molar-refractivity contribution in [2.45, 2.75) is 51.0 Å². The predicted molar refractivity (Wildman–Crippen MR) is 105 cm³/mol. The summed E-state index contributed by atoms with van der Waals surface area (Å²) in [4.78, 5) is 28.4. The molecule has 1 heterocycles. The van der Waals surface area contributed by atoms with Crippen molar-refractivity contribution in [3.63, 3.8) is 0 Å². The first-order chi connectivity index (χ1) is 13.0. The minimum Gasteiger partial charge on any atom is -0.449 e. The summed E-state index contributed by atoms with van der Waals surface area (Å²) in [6.45, 7) is 1.52. The van der Waals surface area contributed by atoms with Gasteiger partial charge in [-0.05, 0) is 55.5 Å². The minimum absolute atomic E-state index is 0.183. The van der Waals surface area contributed by atoms with Crippen LogP contribution in [-0.2, 0) is 9.53 Å². The molecule has 1 amide bonds. The van der Waals surface area contributed by atoms with E-state index in [1.54, 1.807) is 24.3 Å². The summed E-state index contributed by atoms with van der Waals surface area (Å²) in [5.41, 5.74) is 2.08. The Balaban J connectivity index is 1.57. The van der Waals surface area contributed by atoms with Crippen molar-refractivity contribution >= 4 is 29.2 Å². The van der Waals surface area contributed by atoms with E-state index in [4.69, 9.17) is 16.3 Å². The molecule has 0 saturated heterocycles. The van der Waals surface area contributed by atoms with Crippen LogP contribution < -0.4 is 5.32 Å². The average Bonchev–Trinajstić information content (AvgIpc) is 2.70. The molecule has 27 heavy (non-hydrogen) atoms. The van der Waals surface area contributed by atoms with E-state index in [0.717, 1.165) is 0 Å². The molecule has 1 aliphatic rings. The van der Waals surface area contributed by atoms with Gasteiger partial charge < -0.3 is 10.1 Å². The lowest BCUT2D eigenvalue weighted by atomic mass is 9.84. The smallest absolute Gasteiger partial charge is 0.338 e. The highest BCUT2D eigenvalue weighted by Gasteiger charge is 2.21. The van der Waals surface area contributed by atoms with Gasteiger partial charge in [0.2, 0.25) is 0 Å². The number of nitrogens with one attached hydrogen (secondary N) is 1. The molecule has 1 N–H and O–H groups in total. The average molecular weight is 387 g/mol. The maximum atomic E-state index is 12.3. The second-order valence-electron chi connectivity index (χ2n) is 6.84. The number of esters is 1. The Morgan fingerprint density at radius 3 is 2.52 bits per heavy atom. The minimum atomic E-state index is -0.952. The molecule has 0 aliphatic heterocycles. The SMILES string of the molecule is C[C@H](OC(=O)c1ccc(C2CCCCC2)cc1)C(=O)Nc1cccnc1Cl. The van der Waals surface area contributed by atoms with E-state index in [2.05, 4.69) is 10.3 Å². The number of benzene rings is 1. The predicted octanol–water partition coefficient (Wildman–Crippen LogP) is 4.97. The number of hydrogen-bond donors (Lipinski definition) is 1. The van der Waals surface area contributed by atoms with Crippen LogP contribution in [0.3, 0.4) is 0 Å². The summed E-state index contributed by atoms with van der Waals surface area (Å²) >= 11 is 5.92. The molecule has 0 unspecified atom stereocenters. The Morgan fingerprint density at radius 2 is 1.85 bits per heavy atom. The quantitative estimate of drug-likeness (QED) is 0.582. The van der Waals surface area contributed by atoms with Gasteiger partial charge in [0, 0.05) is 6.20 Å². The van der Waals surface area contributed by atoms with Crippen LogP contribution in [-0.4, -0.2) is 23.0 Å². The summed E-state index contributed by atoms with van der Waals surface area (Å²) in [7, 11) is 0. The zero-order valence-corrected chi connectivity index (χ0v) is 16.0. The number of nitrogens with zero attached hydrogens (tertiary/aromatic N) is 1. The maximum absolute atomic E-state index is 12.3. The topological polar surface area (TPSA) is 68.3 Å². The highest BCUT2D eigenvalue weighted by Crippen LogP contribution is 2.32. The fourth-order valence-electron chi connectivity index (χ4n) is 3.32. The van der Waals surface area contributed by atoms with Crippen LogP contribution in [0.15, 0.2) is 42.6 Å². The maximum Gasteiger partial charge on any atom is 0.338 e. The molecule has 3 rings (SSSR count). The van der Waals surface area contributed by atoms with Crippen molar-refractivity contribution in [2.75, 3.05) is 5.32 Å². The van der Waals surface area contributed by atoms with Gasteiger partial charge in [-0.15, -0.1) is 0 Å². The fourth-order valence-corrected chi connectivity index (χ4v) is 3.49. The summed E-state index contributed by atoms with van der Waals surface area (Å²) in [6, 6.07) is 10.8. The van der Waals surface area contributed by atoms with Gasteiger partial charge in [0.25, 0.3) is 5.91 Å². The van der Waals surface area contributed by atoms with Crippen LogP contribution in [0.25, 0.3) is 0 Å². The molecule has 5 nitrogen and oxygen atoms in total. The van der Waals surface area contributed by atoms with Gasteiger partial charge in [-0.2, -0.15) is 0 Å². The van der Waals surface area contributed by atoms with Gasteiger partial charge in [0.05, 0.1) is 11.3 Å². The summed E-state index contributed by atoms with van der Waals surface area (Å²) in [5, 5.41) is 2.79. The van der Waals surface area contributed by atoms with Crippen molar-refractivity contribution in [3.8, 4) is 0 Å². The zero-order chi connectivity index (χ0) is 19.2. The lowest BCUT2D eigenvalue weighted by molar-refractivity contribution is -0.123. The van der Waals surface area contributed by atoms with Crippen LogP contribution in [0.2, 0.25) is 5.15 Å². The van der Waals surface area contributed by atoms with Crippen molar-refractivity contribution < 1.29 is 14.3 Å². The third-order valence-corrected chi connectivity index (χ3v) is 5.19. The van der Waals surface area contributed by atoms with Crippen molar-refractivity contribution in [3.05, 3.63) is 58.9 Å². The van der Waals surface area contributed by atoms with Crippen molar-refractivity contribution in [1.29, 1.82) is 0 Å². The van der Waals surface area contributed by atoms with Gasteiger partial charge >= 0.3 is 5.97 Å². The second kappa shape index (κ2) is 9.00. The number of halogens is 1. The summed E-state index contributed by atoms with van der Waals surface area (Å²) < 4.78 is 5.28. The Hall–Kier alpha value is -2.40. The Morgan fingerprint density at radius 1 is 1.15 bits per heavy atom. The normalized spacial score (nSPS) is 15.8. The number of carbonyl (C=O) groups excluding carboxylic acids is 2. The molecule has 0 radical (unpaired) electrons. The number of carbonyl (C=O) groups is 2. The zero-order valence-electron chi connectivity index (χ0n) is 15.3. The van der Waals surface area contributed by atoms with E-state index in [-0.39, 0.29) is 5.15 Å². The fraction of sp³-hybridized carbons (Fsp3) is 0.381. The van der Waals surface area contributed by atoms with Gasteiger partial charge in [-0.3, -0.25) is 4.79 Å². The van der Waals surface area contributed by atoms with Crippen LogP contribution in [0.4, 0.5) is 5.69 Å². The van der Waals surface area contributed by atoms with Gasteiger partial charge in [0.1, 0.15) is 0 Å². The lowest BCUT2D eigenvalue weighted by Crippen LogP contribution is -2.30. The number of amides is 1. The highest BCUT2D eigenvalue weighted by atomic mass is 35.5. The highest BCUT2D eigenvalue weighted by molar-refractivity contribution is 6.32. The molecular formula is C21H23ClN2O3. The van der Waals surface area contributed by atoms with Gasteiger partial charge in [0.15, 0.2) is 11.3 Å². The molecule has 1 aliphatic carbocycles. The Kier molecular flexibility index (Phi) is 6.45. The number of aromatic nitrogens is 1. The monoisotopic (exact) mass is 386 g/mol. The van der Waals surface area contributed by atoms with E-state index in [9.17, 15) is 9.59 Å². The molecule has 6 heteroatoms. The first-order valence-corrected chi connectivity index (χ1v) is 9.64. The number of anilines is 1. The molecule has 1 atom stereocenters. The van der Waals surface area contributed by atoms with E-state index in [1.807, 2.05) is 12.1 Å². The first kappa shape index (κ1) is 19.4. The van der Waals surface area contributed by atoms with E-state index >= 15 is 0 Å². The summed E-state index contributed by atoms with van der Waals surface area (Å²) in [6.07, 6.45) is 6.83. The van der Waals surface area contributed by atoms with Crippen LogP contribution >= 0.6 is 11.6 Å². The Bertz CT molecular complexity index is 801. The van der Waals surface area contributed by atoms with E-state index < -0.39 is 18.0 Å². The lowest BCUT2D eigenvalue weighted by Gasteiger charge is -2.22. The number of hydrogen-bond acceptors (Lipinski definition) is 4. The molecule has 0 spiro atoms. The number of rotatable bonds is 5. The molecular weight excluding hydrogens is 364 g/mol. The van der Waals surface area contributed by atoms with Crippen molar-refractivity contribution in [1.82, 2.24) is 4.98 Å². The number of ether oxygens (including phenoxy) is 1. The van der Waals surface area contributed by atoms with Gasteiger partial charge in [-0.1, -0.05) is 43.0 Å². The van der Waals surface area contributed by atoms with E-state index in [1.165, 1.54) is 50.8 Å². The number of pyridine rings is 1. The molecule has 142 valence electrons.